The number of piperidine rings is 1. The van der Waals surface area contributed by atoms with Gasteiger partial charge in [0.1, 0.15) is 0 Å². The molecule has 0 aromatic heterocycles. The fourth-order valence-corrected chi connectivity index (χ4v) is 1.32. The third-order valence-corrected chi connectivity index (χ3v) is 2.00. The highest BCUT2D eigenvalue weighted by molar-refractivity contribution is 6.00. The van der Waals surface area contributed by atoms with Gasteiger partial charge >= 0.3 is 0 Å². The minimum Gasteiger partial charge on any atom is -0.392 e. The van der Waals surface area contributed by atoms with Crippen molar-refractivity contribution in [2.75, 3.05) is 6.54 Å². The van der Waals surface area contributed by atoms with E-state index in [-0.39, 0.29) is 18.4 Å². The topological polar surface area (TPSA) is 83.6 Å². The molecule has 1 aliphatic heterocycles. The Morgan fingerprint density at radius 1 is 1.69 bits per heavy atom. The number of likely N-dealkylation sites (tertiary alicyclic amines) is 1. The standard InChI is InChI=1S/C8H14N2O3/c1-5(11)4-10-7(12)3-2-6(9)8(10)13/h5-6,11H,2-4,9H2,1H3. The van der Waals surface area contributed by atoms with Gasteiger partial charge in [0.05, 0.1) is 18.7 Å². The number of hydrogen-bond donors (Lipinski definition) is 2. The summed E-state index contributed by atoms with van der Waals surface area (Å²) in [7, 11) is 0. The summed E-state index contributed by atoms with van der Waals surface area (Å²) >= 11 is 0. The molecule has 0 aliphatic carbocycles. The van der Waals surface area contributed by atoms with Crippen LogP contribution in [0.4, 0.5) is 0 Å². The number of β-amino-alcohol motifs (C(OH)–C–C–N with tert-alkyl or cyclic N) is 1. The van der Waals surface area contributed by atoms with Gasteiger partial charge in [-0.1, -0.05) is 0 Å². The molecule has 2 atom stereocenters. The van der Waals surface area contributed by atoms with E-state index in [1.165, 1.54) is 6.92 Å². The highest BCUT2D eigenvalue weighted by Crippen LogP contribution is 2.11. The molecule has 2 amide bonds. The fraction of sp³-hybridized carbons (Fsp3) is 0.750. The molecule has 74 valence electrons. The molecule has 0 saturated carbocycles. The second kappa shape index (κ2) is 3.85. The van der Waals surface area contributed by atoms with Crippen molar-refractivity contribution in [2.24, 2.45) is 5.73 Å². The number of imide groups is 1. The van der Waals surface area contributed by atoms with Crippen molar-refractivity contribution in [1.82, 2.24) is 4.90 Å². The third kappa shape index (κ3) is 2.26. The normalized spacial score (nSPS) is 26.4. The van der Waals surface area contributed by atoms with Crippen molar-refractivity contribution in [3.05, 3.63) is 0 Å². The number of aliphatic hydroxyl groups is 1. The number of hydrogen-bond acceptors (Lipinski definition) is 4. The number of nitrogens with two attached hydrogens (primary N) is 1. The molecule has 1 heterocycles. The fourth-order valence-electron chi connectivity index (χ4n) is 1.32. The molecule has 0 aromatic carbocycles. The molecular formula is C8H14N2O3. The first-order valence-corrected chi connectivity index (χ1v) is 4.30. The van der Waals surface area contributed by atoms with Crippen LogP contribution in [0.2, 0.25) is 0 Å². The lowest BCUT2D eigenvalue weighted by Gasteiger charge is -2.29. The van der Waals surface area contributed by atoms with Crippen molar-refractivity contribution in [3.8, 4) is 0 Å². The summed E-state index contributed by atoms with van der Waals surface area (Å²) in [6.45, 7) is 1.58. The first-order chi connectivity index (χ1) is 6.02. The van der Waals surface area contributed by atoms with E-state index in [1.807, 2.05) is 0 Å². The summed E-state index contributed by atoms with van der Waals surface area (Å²) in [4.78, 5) is 23.6. The maximum atomic E-state index is 11.3. The zero-order chi connectivity index (χ0) is 10.0. The quantitative estimate of drug-likeness (QED) is 0.533. The molecule has 3 N–H and O–H groups in total. The SMILES string of the molecule is CC(O)CN1C(=O)CCC(N)C1=O. The highest BCUT2D eigenvalue weighted by Gasteiger charge is 2.32. The molecule has 1 aliphatic rings. The molecular weight excluding hydrogens is 172 g/mol. The van der Waals surface area contributed by atoms with Crippen LogP contribution in [0.25, 0.3) is 0 Å². The summed E-state index contributed by atoms with van der Waals surface area (Å²) in [5.74, 6) is -0.621. The number of rotatable bonds is 2. The molecule has 1 rings (SSSR count). The Kier molecular flexibility index (Phi) is 3.00. The van der Waals surface area contributed by atoms with Gasteiger partial charge < -0.3 is 10.8 Å². The molecule has 13 heavy (non-hydrogen) atoms. The van der Waals surface area contributed by atoms with Crippen molar-refractivity contribution >= 4 is 11.8 Å². The van der Waals surface area contributed by atoms with Gasteiger partial charge in [-0.15, -0.1) is 0 Å². The highest BCUT2D eigenvalue weighted by atomic mass is 16.3. The van der Waals surface area contributed by atoms with E-state index in [9.17, 15) is 9.59 Å². The van der Waals surface area contributed by atoms with E-state index < -0.39 is 12.1 Å². The predicted octanol–water partition coefficient (Wildman–Crippen LogP) is -1.16. The van der Waals surface area contributed by atoms with Crippen LogP contribution in [0, 0.1) is 0 Å². The van der Waals surface area contributed by atoms with Gasteiger partial charge in [0.15, 0.2) is 0 Å². The van der Waals surface area contributed by atoms with Gasteiger partial charge in [-0.3, -0.25) is 14.5 Å². The van der Waals surface area contributed by atoms with Crippen molar-refractivity contribution in [1.29, 1.82) is 0 Å². The Balaban J connectivity index is 2.67. The summed E-state index contributed by atoms with van der Waals surface area (Å²) in [5.41, 5.74) is 5.48. The van der Waals surface area contributed by atoms with Crippen molar-refractivity contribution in [3.63, 3.8) is 0 Å². The van der Waals surface area contributed by atoms with Gasteiger partial charge in [-0.25, -0.2) is 0 Å². The molecule has 1 fully saturated rings. The largest absolute Gasteiger partial charge is 0.392 e. The Labute approximate surface area is 76.5 Å². The zero-order valence-electron chi connectivity index (χ0n) is 7.56. The summed E-state index contributed by atoms with van der Waals surface area (Å²) in [6, 6.07) is -0.587. The summed E-state index contributed by atoms with van der Waals surface area (Å²) in [5, 5.41) is 9.04. The third-order valence-electron chi connectivity index (χ3n) is 2.00. The predicted molar refractivity (Wildman–Crippen MR) is 45.6 cm³/mol. The average molecular weight is 186 g/mol. The smallest absolute Gasteiger partial charge is 0.246 e. The maximum Gasteiger partial charge on any atom is 0.246 e. The van der Waals surface area contributed by atoms with Crippen LogP contribution >= 0.6 is 0 Å². The Morgan fingerprint density at radius 2 is 2.31 bits per heavy atom. The van der Waals surface area contributed by atoms with E-state index in [0.29, 0.717) is 12.8 Å². The number of carbonyl (C=O) groups excluding carboxylic acids is 2. The van der Waals surface area contributed by atoms with Crippen LogP contribution < -0.4 is 5.73 Å². The van der Waals surface area contributed by atoms with E-state index in [1.54, 1.807) is 0 Å². The second-order valence-electron chi connectivity index (χ2n) is 3.34. The van der Waals surface area contributed by atoms with Gasteiger partial charge in [0, 0.05) is 6.42 Å². The minimum atomic E-state index is -0.696. The van der Waals surface area contributed by atoms with E-state index in [4.69, 9.17) is 10.8 Å². The molecule has 5 nitrogen and oxygen atoms in total. The first-order valence-electron chi connectivity index (χ1n) is 4.30. The molecule has 0 spiro atoms. The summed E-state index contributed by atoms with van der Waals surface area (Å²) in [6.07, 6.45) is 0.00588. The van der Waals surface area contributed by atoms with Crippen LogP contribution in [0.3, 0.4) is 0 Å². The van der Waals surface area contributed by atoms with Crippen LogP contribution in [-0.2, 0) is 9.59 Å². The lowest BCUT2D eigenvalue weighted by atomic mass is 10.0. The second-order valence-corrected chi connectivity index (χ2v) is 3.34. The Bertz CT molecular complexity index is 227. The van der Waals surface area contributed by atoms with E-state index >= 15 is 0 Å². The molecule has 2 unspecified atom stereocenters. The van der Waals surface area contributed by atoms with Crippen molar-refractivity contribution < 1.29 is 14.7 Å². The Morgan fingerprint density at radius 3 is 2.85 bits per heavy atom. The number of amides is 2. The lowest BCUT2D eigenvalue weighted by Crippen LogP contribution is -2.53. The van der Waals surface area contributed by atoms with E-state index in [2.05, 4.69) is 0 Å². The van der Waals surface area contributed by atoms with Crippen LogP contribution in [0.15, 0.2) is 0 Å². The molecule has 0 bridgehead atoms. The molecule has 0 aromatic rings. The van der Waals surface area contributed by atoms with Gasteiger partial charge in [-0.05, 0) is 13.3 Å². The van der Waals surface area contributed by atoms with Crippen LogP contribution in [-0.4, -0.2) is 40.5 Å². The van der Waals surface area contributed by atoms with Crippen molar-refractivity contribution in [2.45, 2.75) is 31.9 Å². The minimum absolute atomic E-state index is 0.0470. The first kappa shape index (κ1) is 10.1. The average Bonchev–Trinajstić information content (AvgIpc) is 2.05. The Hall–Kier alpha value is -0.940. The van der Waals surface area contributed by atoms with Gasteiger partial charge in [0.2, 0.25) is 11.8 Å². The summed E-state index contributed by atoms with van der Waals surface area (Å²) < 4.78 is 0. The molecule has 5 heteroatoms. The number of nitrogens with zero attached hydrogens (tertiary/aromatic N) is 1. The van der Waals surface area contributed by atoms with Gasteiger partial charge in [0.25, 0.3) is 0 Å². The molecule has 1 saturated heterocycles. The monoisotopic (exact) mass is 186 g/mol. The lowest BCUT2D eigenvalue weighted by molar-refractivity contribution is -0.150. The van der Waals surface area contributed by atoms with Gasteiger partial charge in [-0.2, -0.15) is 0 Å². The molecule has 0 radical (unpaired) electrons. The van der Waals surface area contributed by atoms with Crippen LogP contribution in [0.1, 0.15) is 19.8 Å². The zero-order valence-corrected chi connectivity index (χ0v) is 7.56. The number of aliphatic hydroxyl groups excluding tert-OH is 1. The number of carbonyl (C=O) groups is 2. The maximum absolute atomic E-state index is 11.3. The van der Waals surface area contributed by atoms with E-state index in [0.717, 1.165) is 4.90 Å². The van der Waals surface area contributed by atoms with Crippen LogP contribution in [0.5, 0.6) is 0 Å².